The molecular weight excluding hydrogens is 350 g/mol. The zero-order chi connectivity index (χ0) is 17.3. The molecule has 1 N–H and O–H groups in total. The number of nitrogens with one attached hydrogen (secondary N) is 1. The van der Waals surface area contributed by atoms with E-state index in [1.165, 1.54) is 12.1 Å². The average Bonchev–Trinajstić information content (AvgIpc) is 3.16. The largest absolute Gasteiger partial charge is 0.300 e. The lowest BCUT2D eigenvalue weighted by molar-refractivity contribution is 0.0984. The molecule has 3 aromatic rings. The van der Waals surface area contributed by atoms with Crippen LogP contribution < -0.4 is 4.72 Å². The molecule has 0 aliphatic rings. The summed E-state index contributed by atoms with van der Waals surface area (Å²) < 4.78 is 28.2. The van der Waals surface area contributed by atoms with Gasteiger partial charge in [0.25, 0.3) is 15.9 Å². The first-order valence-corrected chi connectivity index (χ1v) is 9.15. The van der Waals surface area contributed by atoms with E-state index in [2.05, 4.69) is 15.2 Å². The van der Waals surface area contributed by atoms with E-state index in [0.29, 0.717) is 16.5 Å². The van der Waals surface area contributed by atoms with Gasteiger partial charge in [-0.25, -0.2) is 9.71 Å². The number of hydrogen-bond acceptors (Lipinski definition) is 7. The van der Waals surface area contributed by atoms with Crippen LogP contribution in [0.3, 0.4) is 0 Å². The number of carbonyl (C=O) groups excluding carboxylic acids is 1. The summed E-state index contributed by atoms with van der Waals surface area (Å²) in [5, 5.41) is 7.55. The Morgan fingerprint density at radius 1 is 1.17 bits per heavy atom. The highest BCUT2D eigenvalue weighted by molar-refractivity contribution is 7.90. The molecule has 1 amide bonds. The first-order valence-electron chi connectivity index (χ1n) is 6.85. The summed E-state index contributed by atoms with van der Waals surface area (Å²) in [7, 11) is -4.09. The average molecular weight is 363 g/mol. The Morgan fingerprint density at radius 2 is 1.88 bits per heavy atom. The Bertz CT molecular complexity index is 976. The molecule has 0 saturated carbocycles. The van der Waals surface area contributed by atoms with Crippen molar-refractivity contribution in [1.29, 1.82) is 0 Å². The van der Waals surface area contributed by atoms with E-state index in [1.54, 1.807) is 30.8 Å². The van der Waals surface area contributed by atoms with E-state index >= 15 is 0 Å². The molecule has 0 aliphatic heterocycles. The molecule has 0 spiro atoms. The Labute approximate surface area is 142 Å². The van der Waals surface area contributed by atoms with Crippen molar-refractivity contribution in [3.63, 3.8) is 0 Å². The fourth-order valence-electron chi connectivity index (χ4n) is 1.92. The summed E-state index contributed by atoms with van der Waals surface area (Å²) in [5.74, 6) is -0.745. The Hall–Kier alpha value is -2.59. The van der Waals surface area contributed by atoms with E-state index in [9.17, 15) is 13.2 Å². The first kappa shape index (κ1) is 16.3. The highest BCUT2D eigenvalue weighted by atomic mass is 32.2. The van der Waals surface area contributed by atoms with Crippen molar-refractivity contribution < 1.29 is 13.2 Å². The molecular formula is C14H13N5O3S2. The maximum atomic E-state index is 12.3. The molecule has 3 aromatic heterocycles. The van der Waals surface area contributed by atoms with Gasteiger partial charge >= 0.3 is 0 Å². The highest BCUT2D eigenvalue weighted by Gasteiger charge is 2.24. The second-order valence-corrected chi connectivity index (χ2v) is 7.56. The van der Waals surface area contributed by atoms with Gasteiger partial charge in [0.1, 0.15) is 4.88 Å². The summed E-state index contributed by atoms with van der Waals surface area (Å²) in [4.78, 5) is 16.8. The van der Waals surface area contributed by atoms with E-state index in [0.717, 1.165) is 11.3 Å². The highest BCUT2D eigenvalue weighted by Crippen LogP contribution is 2.22. The molecule has 24 heavy (non-hydrogen) atoms. The SMILES string of the molecule is Cc1ccc(S(=O)(=O)NC(=O)c2sc(-n3cccc3)nc2C)nn1. The molecule has 10 heteroatoms. The van der Waals surface area contributed by atoms with Crippen molar-refractivity contribution in [2.75, 3.05) is 0 Å². The minimum absolute atomic E-state index is 0.224. The smallest absolute Gasteiger partial charge is 0.283 e. The van der Waals surface area contributed by atoms with Gasteiger partial charge in [-0.15, -0.1) is 5.10 Å². The van der Waals surface area contributed by atoms with Crippen molar-refractivity contribution in [3.8, 4) is 5.13 Å². The maximum Gasteiger partial charge on any atom is 0.283 e. The monoisotopic (exact) mass is 363 g/mol. The zero-order valence-electron chi connectivity index (χ0n) is 12.8. The molecule has 0 bridgehead atoms. The third-order valence-electron chi connectivity index (χ3n) is 3.09. The summed E-state index contributed by atoms with van der Waals surface area (Å²) >= 11 is 1.10. The number of hydrogen-bond donors (Lipinski definition) is 1. The van der Waals surface area contributed by atoms with E-state index in [-0.39, 0.29) is 9.90 Å². The third-order valence-corrected chi connectivity index (χ3v) is 5.48. The van der Waals surface area contributed by atoms with Gasteiger partial charge in [-0.1, -0.05) is 11.3 Å². The van der Waals surface area contributed by atoms with Gasteiger partial charge in [-0.3, -0.25) is 4.79 Å². The molecule has 0 saturated heterocycles. The molecule has 0 radical (unpaired) electrons. The number of nitrogens with zero attached hydrogens (tertiary/aromatic N) is 4. The van der Waals surface area contributed by atoms with Crippen LogP contribution in [0.5, 0.6) is 0 Å². The van der Waals surface area contributed by atoms with Crippen molar-refractivity contribution in [3.05, 3.63) is 52.9 Å². The van der Waals surface area contributed by atoms with Crippen LogP contribution in [0, 0.1) is 13.8 Å². The molecule has 124 valence electrons. The van der Waals surface area contributed by atoms with Crippen molar-refractivity contribution in [2.45, 2.75) is 18.9 Å². The van der Waals surface area contributed by atoms with Crippen molar-refractivity contribution >= 4 is 27.3 Å². The van der Waals surface area contributed by atoms with E-state index in [1.807, 2.05) is 16.9 Å². The van der Waals surface area contributed by atoms with Gasteiger partial charge in [-0.05, 0) is 38.1 Å². The number of thiazole rings is 1. The number of amides is 1. The Morgan fingerprint density at radius 3 is 2.50 bits per heavy atom. The molecule has 0 aliphatic carbocycles. The number of aromatic nitrogens is 4. The van der Waals surface area contributed by atoms with Gasteiger partial charge in [-0.2, -0.15) is 13.5 Å². The van der Waals surface area contributed by atoms with Crippen LogP contribution in [0.4, 0.5) is 0 Å². The normalized spacial score (nSPS) is 11.4. The van der Waals surface area contributed by atoms with Gasteiger partial charge < -0.3 is 4.57 Å². The third kappa shape index (κ3) is 3.19. The summed E-state index contributed by atoms with van der Waals surface area (Å²) in [6.45, 7) is 3.34. The minimum Gasteiger partial charge on any atom is -0.300 e. The van der Waals surface area contributed by atoms with E-state index < -0.39 is 15.9 Å². The molecule has 0 fully saturated rings. The minimum atomic E-state index is -4.09. The molecule has 0 aromatic carbocycles. The lowest BCUT2D eigenvalue weighted by atomic mass is 10.4. The lowest BCUT2D eigenvalue weighted by Gasteiger charge is -2.04. The van der Waals surface area contributed by atoms with Gasteiger partial charge in [0.05, 0.1) is 11.4 Å². The van der Waals surface area contributed by atoms with Crippen LogP contribution in [0.25, 0.3) is 5.13 Å². The second kappa shape index (κ2) is 6.13. The Kier molecular flexibility index (Phi) is 4.16. The molecule has 8 nitrogen and oxygen atoms in total. The summed E-state index contributed by atoms with van der Waals surface area (Å²) in [5.41, 5.74) is 1.03. The van der Waals surface area contributed by atoms with E-state index in [4.69, 9.17) is 0 Å². The van der Waals surface area contributed by atoms with Crippen LogP contribution in [0.1, 0.15) is 21.1 Å². The standard InChI is InChI=1S/C14H13N5O3S2/c1-9-5-6-11(17-16-9)24(21,22)18-13(20)12-10(2)15-14(23-12)19-7-3-4-8-19/h3-8H,1-2H3,(H,18,20). The van der Waals surface area contributed by atoms with Crippen LogP contribution in [-0.2, 0) is 10.0 Å². The second-order valence-electron chi connectivity index (χ2n) is 4.95. The summed E-state index contributed by atoms with van der Waals surface area (Å²) in [6.07, 6.45) is 3.58. The maximum absolute atomic E-state index is 12.3. The zero-order valence-corrected chi connectivity index (χ0v) is 14.4. The number of sulfonamides is 1. The van der Waals surface area contributed by atoms with Gasteiger partial charge in [0, 0.05) is 12.4 Å². The molecule has 0 unspecified atom stereocenters. The molecule has 3 rings (SSSR count). The lowest BCUT2D eigenvalue weighted by Crippen LogP contribution is -2.31. The molecule has 3 heterocycles. The molecule has 0 atom stereocenters. The van der Waals surface area contributed by atoms with Crippen LogP contribution in [0.2, 0.25) is 0 Å². The van der Waals surface area contributed by atoms with Crippen LogP contribution in [0.15, 0.2) is 41.7 Å². The quantitative estimate of drug-likeness (QED) is 0.752. The fraction of sp³-hybridized carbons (Fsp3) is 0.143. The van der Waals surface area contributed by atoms with Gasteiger partial charge in [0.2, 0.25) is 0 Å². The van der Waals surface area contributed by atoms with Gasteiger partial charge in [0.15, 0.2) is 10.2 Å². The topological polar surface area (TPSA) is 107 Å². The van der Waals surface area contributed by atoms with Crippen LogP contribution >= 0.6 is 11.3 Å². The van der Waals surface area contributed by atoms with Crippen molar-refractivity contribution in [2.24, 2.45) is 0 Å². The number of aryl methyl sites for hydroxylation is 2. The first-order chi connectivity index (χ1) is 11.4. The number of carbonyl (C=O) groups is 1. The fourth-order valence-corrected chi connectivity index (χ4v) is 3.76. The predicted octanol–water partition coefficient (Wildman–Crippen LogP) is 1.46. The number of rotatable bonds is 4. The predicted molar refractivity (Wildman–Crippen MR) is 87.6 cm³/mol. The Balaban J connectivity index is 1.86. The van der Waals surface area contributed by atoms with Crippen LogP contribution in [-0.4, -0.2) is 34.1 Å². The summed E-state index contributed by atoms with van der Waals surface area (Å²) in [6, 6.07) is 6.46. The van der Waals surface area contributed by atoms with Crippen molar-refractivity contribution in [1.82, 2.24) is 24.5 Å².